The van der Waals surface area contributed by atoms with Crippen molar-refractivity contribution in [1.82, 2.24) is 9.97 Å². The molecule has 2 rings (SSSR count). The summed E-state index contributed by atoms with van der Waals surface area (Å²) >= 11 is 0. The Balaban J connectivity index is 2.32. The molecule has 0 aliphatic heterocycles. The summed E-state index contributed by atoms with van der Waals surface area (Å²) in [6.45, 7) is 0. The Kier molecular flexibility index (Phi) is 2.52. The van der Waals surface area contributed by atoms with Crippen LogP contribution >= 0.6 is 0 Å². The molecule has 0 unspecified atom stereocenters. The monoisotopic (exact) mass is 193 g/mol. The van der Waals surface area contributed by atoms with Crippen LogP contribution in [-0.4, -0.2) is 17.0 Å². The van der Waals surface area contributed by atoms with Crippen LogP contribution in [0.4, 0.5) is 5.95 Å². The number of H-pyrrole nitrogens is 1. The molecule has 2 N–H and O–H groups in total. The van der Waals surface area contributed by atoms with E-state index in [0.29, 0.717) is 11.9 Å². The van der Waals surface area contributed by atoms with E-state index in [1.807, 2.05) is 0 Å². The van der Waals surface area contributed by atoms with Crippen molar-refractivity contribution < 1.29 is 0 Å². The van der Waals surface area contributed by atoms with Gasteiger partial charge in [0.2, 0.25) is 5.95 Å². The van der Waals surface area contributed by atoms with Gasteiger partial charge < -0.3 is 5.32 Å². The minimum atomic E-state index is -0.0637. The number of anilines is 1. The van der Waals surface area contributed by atoms with Crippen LogP contribution in [0.15, 0.2) is 10.9 Å². The second-order valence-corrected chi connectivity index (χ2v) is 3.75. The maximum absolute atomic E-state index is 11.3. The Bertz CT molecular complexity index is 366. The maximum Gasteiger partial charge on any atom is 0.252 e. The quantitative estimate of drug-likeness (QED) is 0.747. The first-order valence-electron chi connectivity index (χ1n) is 5.08. The van der Waals surface area contributed by atoms with E-state index in [1.54, 1.807) is 13.1 Å². The van der Waals surface area contributed by atoms with Gasteiger partial charge in [0, 0.05) is 19.0 Å². The second-order valence-electron chi connectivity index (χ2n) is 3.75. The fourth-order valence-corrected chi connectivity index (χ4v) is 2.03. The second kappa shape index (κ2) is 3.82. The Morgan fingerprint density at radius 1 is 1.50 bits per heavy atom. The van der Waals surface area contributed by atoms with Gasteiger partial charge in [-0.2, -0.15) is 0 Å². The number of rotatable bonds is 2. The number of hydrogen-bond donors (Lipinski definition) is 2. The van der Waals surface area contributed by atoms with Crippen LogP contribution in [0.2, 0.25) is 0 Å². The zero-order chi connectivity index (χ0) is 9.97. The summed E-state index contributed by atoms with van der Waals surface area (Å²) in [5.74, 6) is 1.06. The van der Waals surface area contributed by atoms with Gasteiger partial charge in [0.25, 0.3) is 5.56 Å². The summed E-state index contributed by atoms with van der Waals surface area (Å²) in [7, 11) is 1.76. The van der Waals surface area contributed by atoms with Crippen molar-refractivity contribution in [3.8, 4) is 0 Å². The predicted octanol–water partition coefficient (Wildman–Crippen LogP) is 1.47. The van der Waals surface area contributed by atoms with Gasteiger partial charge in [-0.1, -0.05) is 12.8 Å². The minimum absolute atomic E-state index is 0.0637. The molecule has 0 bridgehead atoms. The van der Waals surface area contributed by atoms with Crippen molar-refractivity contribution in [2.24, 2.45) is 0 Å². The van der Waals surface area contributed by atoms with Gasteiger partial charge in [-0.15, -0.1) is 0 Å². The van der Waals surface area contributed by atoms with Gasteiger partial charge in [-0.3, -0.25) is 9.78 Å². The fraction of sp³-hybridized carbons (Fsp3) is 0.600. The predicted molar refractivity (Wildman–Crippen MR) is 55.6 cm³/mol. The third-order valence-electron chi connectivity index (χ3n) is 2.77. The standard InChI is InChI=1S/C10H15N3O/c1-11-10-12-8(6-9(14)13-10)7-4-2-3-5-7/h6-7H,2-5H2,1H3,(H2,11,12,13,14). The summed E-state index contributed by atoms with van der Waals surface area (Å²) in [5.41, 5.74) is 0.877. The number of nitrogens with one attached hydrogen (secondary N) is 2. The smallest absolute Gasteiger partial charge is 0.252 e. The lowest BCUT2D eigenvalue weighted by atomic mass is 10.0. The number of nitrogens with zero attached hydrogens (tertiary/aromatic N) is 1. The van der Waals surface area contributed by atoms with Crippen molar-refractivity contribution in [1.29, 1.82) is 0 Å². The summed E-state index contributed by atoms with van der Waals surface area (Å²) in [6.07, 6.45) is 4.85. The Hall–Kier alpha value is -1.32. The zero-order valence-corrected chi connectivity index (χ0v) is 8.34. The lowest BCUT2D eigenvalue weighted by Gasteiger charge is -2.08. The zero-order valence-electron chi connectivity index (χ0n) is 8.34. The number of aromatic nitrogens is 2. The van der Waals surface area contributed by atoms with Gasteiger partial charge in [-0.25, -0.2) is 4.98 Å². The fourth-order valence-electron chi connectivity index (χ4n) is 2.03. The molecule has 1 heterocycles. The molecule has 0 aromatic carbocycles. The molecule has 1 saturated carbocycles. The summed E-state index contributed by atoms with van der Waals surface area (Å²) < 4.78 is 0. The molecule has 14 heavy (non-hydrogen) atoms. The average Bonchev–Trinajstić information content (AvgIpc) is 2.69. The molecule has 0 saturated heterocycles. The third-order valence-corrected chi connectivity index (χ3v) is 2.77. The lowest BCUT2D eigenvalue weighted by molar-refractivity contribution is 0.693. The van der Waals surface area contributed by atoms with Crippen molar-refractivity contribution in [3.63, 3.8) is 0 Å². The molecule has 76 valence electrons. The minimum Gasteiger partial charge on any atom is -0.359 e. The molecule has 1 aliphatic carbocycles. The molecule has 1 aromatic heterocycles. The highest BCUT2D eigenvalue weighted by molar-refractivity contribution is 5.25. The van der Waals surface area contributed by atoms with Crippen molar-refractivity contribution in [2.75, 3.05) is 12.4 Å². The SMILES string of the molecule is CNc1nc(C2CCCC2)cc(=O)[nH]1. The van der Waals surface area contributed by atoms with E-state index in [1.165, 1.54) is 25.7 Å². The molecule has 1 aliphatic rings. The van der Waals surface area contributed by atoms with Gasteiger partial charge in [0.15, 0.2) is 0 Å². The maximum atomic E-state index is 11.3. The molecule has 1 aromatic rings. The van der Waals surface area contributed by atoms with Gasteiger partial charge in [0.05, 0.1) is 5.69 Å². The van der Waals surface area contributed by atoms with Crippen LogP contribution in [0, 0.1) is 0 Å². The lowest BCUT2D eigenvalue weighted by Crippen LogP contribution is -2.13. The summed E-state index contributed by atoms with van der Waals surface area (Å²) in [6, 6.07) is 1.62. The highest BCUT2D eigenvalue weighted by Gasteiger charge is 2.19. The van der Waals surface area contributed by atoms with E-state index in [9.17, 15) is 4.79 Å². The highest BCUT2D eigenvalue weighted by atomic mass is 16.1. The molecule has 0 radical (unpaired) electrons. The summed E-state index contributed by atoms with van der Waals surface area (Å²) in [5, 5.41) is 2.86. The molecule has 0 atom stereocenters. The Labute approximate surface area is 82.8 Å². The van der Waals surface area contributed by atoms with Gasteiger partial charge in [-0.05, 0) is 12.8 Å². The first kappa shape index (κ1) is 9.24. The van der Waals surface area contributed by atoms with E-state index in [2.05, 4.69) is 15.3 Å². The van der Waals surface area contributed by atoms with Gasteiger partial charge >= 0.3 is 0 Å². The average molecular weight is 193 g/mol. The van der Waals surface area contributed by atoms with Crippen LogP contribution in [0.1, 0.15) is 37.3 Å². The molecule has 1 fully saturated rings. The number of hydrogen-bond acceptors (Lipinski definition) is 3. The number of aromatic amines is 1. The van der Waals surface area contributed by atoms with Crippen LogP contribution in [0.3, 0.4) is 0 Å². The Morgan fingerprint density at radius 3 is 2.86 bits per heavy atom. The normalized spacial score (nSPS) is 17.2. The van der Waals surface area contributed by atoms with Crippen LogP contribution in [-0.2, 0) is 0 Å². The molecular weight excluding hydrogens is 178 g/mol. The van der Waals surface area contributed by atoms with E-state index in [4.69, 9.17) is 0 Å². The van der Waals surface area contributed by atoms with Crippen molar-refractivity contribution in [3.05, 3.63) is 22.1 Å². The van der Waals surface area contributed by atoms with Crippen LogP contribution < -0.4 is 10.9 Å². The van der Waals surface area contributed by atoms with E-state index < -0.39 is 0 Å². The molecule has 0 amide bonds. The van der Waals surface area contributed by atoms with E-state index in [0.717, 1.165) is 5.69 Å². The third kappa shape index (κ3) is 1.78. The van der Waals surface area contributed by atoms with Gasteiger partial charge in [0.1, 0.15) is 0 Å². The molecule has 4 nitrogen and oxygen atoms in total. The largest absolute Gasteiger partial charge is 0.359 e. The van der Waals surface area contributed by atoms with Crippen LogP contribution in [0.5, 0.6) is 0 Å². The van der Waals surface area contributed by atoms with E-state index in [-0.39, 0.29) is 5.56 Å². The molecule has 4 heteroatoms. The summed E-state index contributed by atoms with van der Waals surface area (Å²) in [4.78, 5) is 18.3. The van der Waals surface area contributed by atoms with Crippen LogP contribution in [0.25, 0.3) is 0 Å². The highest BCUT2D eigenvalue weighted by Crippen LogP contribution is 2.32. The van der Waals surface area contributed by atoms with Crippen molar-refractivity contribution in [2.45, 2.75) is 31.6 Å². The van der Waals surface area contributed by atoms with E-state index >= 15 is 0 Å². The topological polar surface area (TPSA) is 57.8 Å². The molecule has 0 spiro atoms. The Morgan fingerprint density at radius 2 is 2.21 bits per heavy atom. The first-order chi connectivity index (χ1) is 6.79. The molecular formula is C10H15N3O. The first-order valence-corrected chi connectivity index (χ1v) is 5.08. The van der Waals surface area contributed by atoms with Crippen molar-refractivity contribution >= 4 is 5.95 Å².